The summed E-state index contributed by atoms with van der Waals surface area (Å²) in [6.45, 7) is 10.1. The second-order valence-electron chi connectivity index (χ2n) is 4.02. The van der Waals surface area contributed by atoms with Gasteiger partial charge >= 0.3 is 5.97 Å². The first-order valence-corrected chi connectivity index (χ1v) is 8.42. The van der Waals surface area contributed by atoms with Crippen LogP contribution < -0.4 is 5.43 Å². The molecule has 4 heteroatoms. The molecule has 0 saturated carbocycles. The molecule has 0 radical (unpaired) electrons. The SMILES string of the molecule is CC.CC.CCOC(=O)/C(=N\Nc1ccccc1)c1ccccc1. The fourth-order valence-electron chi connectivity index (χ4n) is 1.66. The minimum atomic E-state index is -0.442. The zero-order chi connectivity index (χ0) is 18.2. The van der Waals surface area contributed by atoms with E-state index < -0.39 is 5.97 Å². The van der Waals surface area contributed by atoms with E-state index in [-0.39, 0.29) is 5.71 Å². The van der Waals surface area contributed by atoms with Crippen molar-refractivity contribution in [2.24, 2.45) is 5.10 Å². The van der Waals surface area contributed by atoms with E-state index in [2.05, 4.69) is 10.5 Å². The van der Waals surface area contributed by atoms with E-state index in [0.717, 1.165) is 11.3 Å². The highest BCUT2D eigenvalue weighted by Gasteiger charge is 2.15. The average molecular weight is 328 g/mol. The van der Waals surface area contributed by atoms with Crippen LogP contribution in [0.3, 0.4) is 0 Å². The van der Waals surface area contributed by atoms with Gasteiger partial charge in [0, 0.05) is 5.56 Å². The molecule has 24 heavy (non-hydrogen) atoms. The molecule has 0 saturated heterocycles. The van der Waals surface area contributed by atoms with Crippen LogP contribution in [0, 0.1) is 0 Å². The van der Waals surface area contributed by atoms with Gasteiger partial charge in [0.05, 0.1) is 12.3 Å². The van der Waals surface area contributed by atoms with Gasteiger partial charge in [-0.2, -0.15) is 5.10 Å². The number of hydrogen-bond donors (Lipinski definition) is 1. The smallest absolute Gasteiger partial charge is 0.359 e. The molecule has 0 spiro atoms. The van der Waals surface area contributed by atoms with Crippen molar-refractivity contribution in [2.45, 2.75) is 34.6 Å². The highest BCUT2D eigenvalue weighted by Crippen LogP contribution is 2.08. The first kappa shape index (κ1) is 21.4. The number of nitrogens with zero attached hydrogens (tertiary/aromatic N) is 1. The molecule has 0 aromatic heterocycles. The van der Waals surface area contributed by atoms with Crippen molar-refractivity contribution in [1.82, 2.24) is 0 Å². The van der Waals surface area contributed by atoms with E-state index in [1.807, 2.05) is 88.4 Å². The van der Waals surface area contributed by atoms with E-state index >= 15 is 0 Å². The summed E-state index contributed by atoms with van der Waals surface area (Å²) in [5.41, 5.74) is 4.66. The molecule has 0 amide bonds. The van der Waals surface area contributed by atoms with Crippen LogP contribution in [0.5, 0.6) is 0 Å². The van der Waals surface area contributed by atoms with Crippen LogP contribution in [0.25, 0.3) is 0 Å². The van der Waals surface area contributed by atoms with Gasteiger partial charge in [0.1, 0.15) is 0 Å². The Kier molecular flexibility index (Phi) is 12.5. The Hall–Kier alpha value is -2.62. The van der Waals surface area contributed by atoms with Gasteiger partial charge in [0.2, 0.25) is 0 Å². The van der Waals surface area contributed by atoms with Gasteiger partial charge in [-0.25, -0.2) is 4.79 Å². The maximum absolute atomic E-state index is 12.0. The summed E-state index contributed by atoms with van der Waals surface area (Å²) in [5, 5.41) is 4.17. The summed E-state index contributed by atoms with van der Waals surface area (Å²) in [5.74, 6) is -0.442. The van der Waals surface area contributed by atoms with Crippen LogP contribution in [0.4, 0.5) is 5.69 Å². The topological polar surface area (TPSA) is 50.7 Å². The van der Waals surface area contributed by atoms with Gasteiger partial charge < -0.3 is 4.74 Å². The molecule has 0 bridgehead atoms. The van der Waals surface area contributed by atoms with Crippen molar-refractivity contribution < 1.29 is 9.53 Å². The average Bonchev–Trinajstić information content (AvgIpc) is 2.67. The molecule has 130 valence electrons. The third kappa shape index (κ3) is 7.58. The number of esters is 1. The Bertz CT molecular complexity index is 581. The summed E-state index contributed by atoms with van der Waals surface area (Å²) in [6, 6.07) is 18.7. The van der Waals surface area contributed by atoms with Crippen LogP contribution in [-0.2, 0) is 9.53 Å². The van der Waals surface area contributed by atoms with Crippen LogP contribution in [-0.4, -0.2) is 18.3 Å². The number of benzene rings is 2. The number of hydrogen-bond acceptors (Lipinski definition) is 4. The highest BCUT2D eigenvalue weighted by molar-refractivity contribution is 6.43. The third-order valence-electron chi connectivity index (χ3n) is 2.59. The van der Waals surface area contributed by atoms with Crippen LogP contribution in [0.15, 0.2) is 65.8 Å². The maximum atomic E-state index is 12.0. The lowest BCUT2D eigenvalue weighted by molar-refractivity contribution is -0.134. The molecule has 0 fully saturated rings. The molecule has 0 aliphatic rings. The lowest BCUT2D eigenvalue weighted by Crippen LogP contribution is -2.20. The zero-order valence-corrected chi connectivity index (χ0v) is 15.2. The second-order valence-corrected chi connectivity index (χ2v) is 4.02. The molecule has 0 atom stereocenters. The van der Waals surface area contributed by atoms with E-state index in [1.54, 1.807) is 6.92 Å². The van der Waals surface area contributed by atoms with Crippen LogP contribution >= 0.6 is 0 Å². The van der Waals surface area contributed by atoms with Crippen molar-refractivity contribution in [3.63, 3.8) is 0 Å². The summed E-state index contributed by atoms with van der Waals surface area (Å²) in [7, 11) is 0. The molecule has 4 nitrogen and oxygen atoms in total. The Morgan fingerprint density at radius 3 is 1.92 bits per heavy atom. The number of carbonyl (C=O) groups excluding carboxylic acids is 1. The Balaban J connectivity index is 0.00000123. The quantitative estimate of drug-likeness (QED) is 0.471. The van der Waals surface area contributed by atoms with Gasteiger partial charge in [0.25, 0.3) is 0 Å². The fourth-order valence-corrected chi connectivity index (χ4v) is 1.66. The molecule has 0 aliphatic heterocycles. The normalized spacial score (nSPS) is 9.62. The van der Waals surface area contributed by atoms with Crippen molar-refractivity contribution in [3.8, 4) is 0 Å². The number of ether oxygens (including phenoxy) is 1. The Morgan fingerprint density at radius 2 is 1.42 bits per heavy atom. The molecule has 2 aromatic carbocycles. The van der Waals surface area contributed by atoms with Crippen molar-refractivity contribution in [2.75, 3.05) is 12.0 Å². The van der Waals surface area contributed by atoms with Gasteiger partial charge in [-0.1, -0.05) is 76.2 Å². The molecule has 0 heterocycles. The Morgan fingerprint density at radius 1 is 0.917 bits per heavy atom. The number of rotatable bonds is 5. The van der Waals surface area contributed by atoms with Crippen LogP contribution in [0.1, 0.15) is 40.2 Å². The minimum Gasteiger partial charge on any atom is -0.461 e. The lowest BCUT2D eigenvalue weighted by Gasteiger charge is -2.07. The summed E-state index contributed by atoms with van der Waals surface area (Å²) in [4.78, 5) is 12.0. The third-order valence-corrected chi connectivity index (χ3v) is 2.59. The van der Waals surface area contributed by atoms with Gasteiger partial charge in [-0.3, -0.25) is 5.43 Å². The van der Waals surface area contributed by atoms with E-state index in [0.29, 0.717) is 6.61 Å². The molecular weight excluding hydrogens is 300 g/mol. The van der Waals surface area contributed by atoms with Crippen LogP contribution in [0.2, 0.25) is 0 Å². The molecule has 0 unspecified atom stereocenters. The monoisotopic (exact) mass is 328 g/mol. The van der Waals surface area contributed by atoms with E-state index in [1.165, 1.54) is 0 Å². The number of hydrazone groups is 1. The molecule has 2 aromatic rings. The second kappa shape index (κ2) is 14.0. The Labute approximate surface area is 145 Å². The van der Waals surface area contributed by atoms with Gasteiger partial charge in [-0.05, 0) is 19.1 Å². The van der Waals surface area contributed by atoms with Crippen molar-refractivity contribution in [3.05, 3.63) is 66.2 Å². The summed E-state index contributed by atoms with van der Waals surface area (Å²) in [6.07, 6.45) is 0. The van der Waals surface area contributed by atoms with Crippen molar-refractivity contribution in [1.29, 1.82) is 0 Å². The number of carbonyl (C=O) groups is 1. The van der Waals surface area contributed by atoms with Crippen molar-refractivity contribution >= 4 is 17.4 Å². The molecular formula is C20H28N2O2. The van der Waals surface area contributed by atoms with E-state index in [4.69, 9.17) is 4.74 Å². The predicted molar refractivity (Wildman–Crippen MR) is 102 cm³/mol. The van der Waals surface area contributed by atoms with Gasteiger partial charge in [-0.15, -0.1) is 0 Å². The zero-order valence-electron chi connectivity index (χ0n) is 15.2. The molecule has 1 N–H and O–H groups in total. The summed E-state index contributed by atoms with van der Waals surface area (Å²) < 4.78 is 5.04. The highest BCUT2D eigenvalue weighted by atomic mass is 16.5. The maximum Gasteiger partial charge on any atom is 0.359 e. The van der Waals surface area contributed by atoms with E-state index in [9.17, 15) is 4.79 Å². The largest absolute Gasteiger partial charge is 0.461 e. The predicted octanol–water partition coefficient (Wildman–Crippen LogP) is 5.12. The standard InChI is InChI=1S/C16H16N2O2.2C2H6/c1-2-20-16(19)15(13-9-5-3-6-10-13)18-17-14-11-7-4-8-12-14;2*1-2/h3-12,17H,2H2,1H3;2*1-2H3/b18-15-;;. The number of nitrogens with one attached hydrogen (secondary N) is 1. The first-order chi connectivity index (χ1) is 11.8. The molecule has 2 rings (SSSR count). The van der Waals surface area contributed by atoms with Gasteiger partial charge in [0.15, 0.2) is 5.71 Å². The number of anilines is 1. The summed E-state index contributed by atoms with van der Waals surface area (Å²) >= 11 is 0. The minimum absolute atomic E-state index is 0.260. The number of para-hydroxylation sites is 1. The fraction of sp³-hybridized carbons (Fsp3) is 0.300. The molecule has 0 aliphatic carbocycles. The lowest BCUT2D eigenvalue weighted by atomic mass is 10.1. The first-order valence-electron chi connectivity index (χ1n) is 8.42.